The number of nitro groups is 1. The van der Waals surface area contributed by atoms with Crippen LogP contribution in [0, 0.1) is 10.1 Å². The van der Waals surface area contributed by atoms with Crippen LogP contribution in [0.1, 0.15) is 26.3 Å². The maximum absolute atomic E-state index is 12.6. The molecule has 2 aromatic carbocycles. The Balaban J connectivity index is 2.35. The second kappa shape index (κ2) is 8.71. The molecule has 10 heteroatoms. The third kappa shape index (κ3) is 4.11. The van der Waals surface area contributed by atoms with Crippen molar-refractivity contribution in [3.63, 3.8) is 0 Å². The Labute approximate surface area is 160 Å². The summed E-state index contributed by atoms with van der Waals surface area (Å²) < 4.78 is 15.4. The smallest absolute Gasteiger partial charge is 0.327 e. The Hall–Kier alpha value is -3.82. The van der Waals surface area contributed by atoms with Crippen LogP contribution >= 0.6 is 0 Å². The van der Waals surface area contributed by atoms with Crippen molar-refractivity contribution in [3.8, 4) is 17.2 Å². The number of nitrogens with two attached hydrogens (primary N) is 1. The lowest BCUT2D eigenvalue weighted by Gasteiger charge is -2.15. The molecule has 0 heterocycles. The highest BCUT2D eigenvalue weighted by Crippen LogP contribution is 2.46. The maximum atomic E-state index is 12.6. The summed E-state index contributed by atoms with van der Waals surface area (Å²) in [5, 5.41) is 14.1. The van der Waals surface area contributed by atoms with Crippen molar-refractivity contribution in [1.82, 2.24) is 5.32 Å². The molecule has 0 saturated carbocycles. The van der Waals surface area contributed by atoms with Gasteiger partial charge in [-0.2, -0.15) is 0 Å². The van der Waals surface area contributed by atoms with Gasteiger partial charge in [0, 0.05) is 18.2 Å². The first-order chi connectivity index (χ1) is 13.3. The minimum absolute atomic E-state index is 0.00953. The van der Waals surface area contributed by atoms with Crippen molar-refractivity contribution >= 4 is 17.5 Å². The molecule has 0 aliphatic heterocycles. The van der Waals surface area contributed by atoms with E-state index in [2.05, 4.69) is 5.32 Å². The molecule has 0 unspecified atom stereocenters. The highest BCUT2D eigenvalue weighted by molar-refractivity contribution is 6.00. The Kier molecular flexibility index (Phi) is 6.38. The summed E-state index contributed by atoms with van der Waals surface area (Å²) in [5.41, 5.74) is 5.40. The molecular weight excluding hydrogens is 370 g/mol. The first-order valence-corrected chi connectivity index (χ1v) is 7.98. The van der Waals surface area contributed by atoms with E-state index in [1.807, 2.05) is 0 Å². The van der Waals surface area contributed by atoms with Crippen molar-refractivity contribution in [3.05, 3.63) is 57.1 Å². The largest absolute Gasteiger partial charge is 0.493 e. The number of carbonyl (C=O) groups excluding carboxylic acids is 2. The lowest BCUT2D eigenvalue weighted by atomic mass is 10.1. The number of nitro benzene ring substituents is 1. The molecule has 0 atom stereocenters. The van der Waals surface area contributed by atoms with E-state index < -0.39 is 22.4 Å². The van der Waals surface area contributed by atoms with Crippen LogP contribution in [0.15, 0.2) is 30.3 Å². The predicted molar refractivity (Wildman–Crippen MR) is 98.9 cm³/mol. The zero-order chi connectivity index (χ0) is 20.8. The van der Waals surface area contributed by atoms with Gasteiger partial charge < -0.3 is 25.3 Å². The summed E-state index contributed by atoms with van der Waals surface area (Å²) in [7, 11) is 3.87. The van der Waals surface area contributed by atoms with Gasteiger partial charge in [0.15, 0.2) is 5.75 Å². The zero-order valence-electron chi connectivity index (χ0n) is 15.5. The fraction of sp³-hybridized carbons (Fsp3) is 0.222. The summed E-state index contributed by atoms with van der Waals surface area (Å²) in [5.74, 6) is -1.37. The van der Waals surface area contributed by atoms with E-state index in [-0.39, 0.29) is 29.4 Å². The Morgan fingerprint density at radius 3 is 2.14 bits per heavy atom. The normalized spacial score (nSPS) is 10.1. The average molecular weight is 389 g/mol. The molecule has 0 aliphatic rings. The summed E-state index contributed by atoms with van der Waals surface area (Å²) in [4.78, 5) is 34.5. The van der Waals surface area contributed by atoms with Gasteiger partial charge in [-0.15, -0.1) is 0 Å². The molecule has 0 fully saturated rings. The highest BCUT2D eigenvalue weighted by Gasteiger charge is 2.32. The van der Waals surface area contributed by atoms with Crippen LogP contribution in [0.5, 0.6) is 17.2 Å². The van der Waals surface area contributed by atoms with E-state index in [1.54, 1.807) is 12.1 Å². The van der Waals surface area contributed by atoms with Gasteiger partial charge in [-0.3, -0.25) is 19.7 Å². The number of ether oxygens (including phenoxy) is 3. The molecule has 0 radical (unpaired) electrons. The van der Waals surface area contributed by atoms with Gasteiger partial charge in [0.1, 0.15) is 5.56 Å². The standard InChI is InChI=1S/C18H19N3O7/c1-26-13-8-12(14(21(24)25)16(28-3)15(13)27-2)18(23)20-9-10-4-6-11(7-5-10)17(19)22/h4-8H,9H2,1-3H3,(H2,19,22)(H,20,23). The molecule has 10 nitrogen and oxygen atoms in total. The number of hydrogen-bond donors (Lipinski definition) is 2. The summed E-state index contributed by atoms with van der Waals surface area (Å²) in [6, 6.07) is 7.48. The molecule has 2 aromatic rings. The number of amides is 2. The van der Waals surface area contributed by atoms with Crippen molar-refractivity contribution in [1.29, 1.82) is 0 Å². The number of nitrogens with one attached hydrogen (secondary N) is 1. The zero-order valence-corrected chi connectivity index (χ0v) is 15.5. The van der Waals surface area contributed by atoms with E-state index in [1.165, 1.54) is 39.5 Å². The average Bonchev–Trinajstić information content (AvgIpc) is 2.70. The Morgan fingerprint density at radius 1 is 1.07 bits per heavy atom. The van der Waals surface area contributed by atoms with Crippen LogP contribution in [0.2, 0.25) is 0 Å². The number of carbonyl (C=O) groups is 2. The van der Waals surface area contributed by atoms with E-state index in [4.69, 9.17) is 19.9 Å². The van der Waals surface area contributed by atoms with Crippen molar-refractivity contribution in [2.45, 2.75) is 6.54 Å². The Morgan fingerprint density at radius 2 is 1.68 bits per heavy atom. The monoisotopic (exact) mass is 389 g/mol. The third-order valence-corrected chi connectivity index (χ3v) is 3.92. The SMILES string of the molecule is COc1cc(C(=O)NCc2ccc(C(N)=O)cc2)c([N+](=O)[O-])c(OC)c1OC. The van der Waals surface area contributed by atoms with Crippen molar-refractivity contribution in [2.75, 3.05) is 21.3 Å². The minimum atomic E-state index is -0.725. The number of hydrogen-bond acceptors (Lipinski definition) is 7. The lowest BCUT2D eigenvalue weighted by Crippen LogP contribution is -2.24. The third-order valence-electron chi connectivity index (χ3n) is 3.92. The van der Waals surface area contributed by atoms with E-state index in [0.29, 0.717) is 11.1 Å². The summed E-state index contributed by atoms with van der Waals surface area (Å²) in [6.07, 6.45) is 0. The van der Waals surface area contributed by atoms with Crippen LogP contribution < -0.4 is 25.3 Å². The topological polar surface area (TPSA) is 143 Å². The van der Waals surface area contributed by atoms with Crippen molar-refractivity contribution < 1.29 is 28.7 Å². The molecule has 0 aliphatic carbocycles. The van der Waals surface area contributed by atoms with Gasteiger partial charge in [-0.1, -0.05) is 12.1 Å². The molecule has 0 spiro atoms. The predicted octanol–water partition coefficient (Wildman–Crippen LogP) is 1.65. The lowest BCUT2D eigenvalue weighted by molar-refractivity contribution is -0.386. The summed E-state index contributed by atoms with van der Waals surface area (Å²) in [6.45, 7) is 0.0751. The molecule has 148 valence electrons. The molecule has 0 bridgehead atoms. The first-order valence-electron chi connectivity index (χ1n) is 7.98. The van der Waals surface area contributed by atoms with Crippen LogP contribution in [0.3, 0.4) is 0 Å². The fourth-order valence-electron chi connectivity index (χ4n) is 2.56. The first kappa shape index (κ1) is 20.5. The number of benzene rings is 2. The number of primary amides is 1. The van der Waals surface area contributed by atoms with E-state index in [9.17, 15) is 19.7 Å². The van der Waals surface area contributed by atoms with Crippen molar-refractivity contribution in [2.24, 2.45) is 5.73 Å². The second-order valence-electron chi connectivity index (χ2n) is 5.54. The molecule has 3 N–H and O–H groups in total. The van der Waals surface area contributed by atoms with Gasteiger partial charge in [0.2, 0.25) is 17.4 Å². The number of rotatable bonds is 8. The maximum Gasteiger partial charge on any atom is 0.327 e. The van der Waals surface area contributed by atoms with Gasteiger partial charge >= 0.3 is 5.69 Å². The van der Waals surface area contributed by atoms with Crippen LogP contribution in [-0.4, -0.2) is 38.1 Å². The van der Waals surface area contributed by atoms with Gasteiger partial charge in [0.05, 0.1) is 26.3 Å². The number of nitrogens with zero attached hydrogens (tertiary/aromatic N) is 1. The van der Waals surface area contributed by atoms with Gasteiger partial charge in [-0.25, -0.2) is 0 Å². The fourth-order valence-corrected chi connectivity index (χ4v) is 2.56. The second-order valence-corrected chi connectivity index (χ2v) is 5.54. The molecule has 0 aromatic heterocycles. The van der Waals surface area contributed by atoms with Crippen LogP contribution in [0.25, 0.3) is 0 Å². The van der Waals surface area contributed by atoms with E-state index in [0.717, 1.165) is 0 Å². The molecule has 28 heavy (non-hydrogen) atoms. The summed E-state index contributed by atoms with van der Waals surface area (Å²) >= 11 is 0. The van der Waals surface area contributed by atoms with Gasteiger partial charge in [-0.05, 0) is 17.7 Å². The number of methoxy groups -OCH3 is 3. The van der Waals surface area contributed by atoms with Gasteiger partial charge in [0.25, 0.3) is 5.91 Å². The molecule has 0 saturated heterocycles. The van der Waals surface area contributed by atoms with E-state index >= 15 is 0 Å². The quantitative estimate of drug-likeness (QED) is 0.516. The Bertz CT molecular complexity index is 910. The molecular formula is C18H19N3O7. The molecule has 2 rings (SSSR count). The highest BCUT2D eigenvalue weighted by atomic mass is 16.6. The molecule has 2 amide bonds. The van der Waals surface area contributed by atoms with Crippen LogP contribution in [0.4, 0.5) is 5.69 Å². The minimum Gasteiger partial charge on any atom is -0.493 e. The van der Waals surface area contributed by atoms with Crippen LogP contribution in [-0.2, 0) is 6.54 Å².